The third-order valence-electron chi connectivity index (χ3n) is 5.20. The number of halogens is 1. The van der Waals surface area contributed by atoms with Crippen molar-refractivity contribution < 1.29 is 8.95 Å². The van der Waals surface area contributed by atoms with Gasteiger partial charge in [0.2, 0.25) is 0 Å². The molecule has 0 aliphatic carbocycles. The fraction of sp³-hybridized carbons (Fsp3) is 0.318. The van der Waals surface area contributed by atoms with Crippen molar-refractivity contribution in [2.45, 2.75) is 23.8 Å². The minimum atomic E-state index is -2.36. The maximum absolute atomic E-state index is 12.6. The van der Waals surface area contributed by atoms with Crippen molar-refractivity contribution in [1.29, 1.82) is 0 Å². The molecule has 0 unspecified atom stereocenters. The Morgan fingerprint density at radius 2 is 1.86 bits per heavy atom. The second kappa shape index (κ2) is 7.84. The van der Waals surface area contributed by atoms with Crippen molar-refractivity contribution in [3.05, 3.63) is 59.2 Å². The first-order valence-electron chi connectivity index (χ1n) is 9.52. The Hall–Kier alpha value is -1.92. The summed E-state index contributed by atoms with van der Waals surface area (Å²) in [6.07, 6.45) is 7.48. The summed E-state index contributed by atoms with van der Waals surface area (Å²) < 4.78 is 19.9. The van der Waals surface area contributed by atoms with Crippen LogP contribution in [-0.2, 0) is 9.93 Å². The number of para-hydroxylation sites is 1. The standard InChI is InChI=1S/C22H25BrN2O2S/c1-28(2,26)22-6-4-3-5-21(22)27-17-10-13-25(14-11-17)20-9-12-24-19-8-7-16(23)15-18(19)20/h3-9,12,15,17,28H,10-11,13-14H2,1-2H3. The van der Waals surface area contributed by atoms with E-state index in [1.165, 1.54) is 11.1 Å². The zero-order valence-electron chi connectivity index (χ0n) is 16.1. The number of anilines is 1. The summed E-state index contributed by atoms with van der Waals surface area (Å²) in [4.78, 5) is 7.73. The van der Waals surface area contributed by atoms with E-state index in [1.54, 1.807) is 12.5 Å². The van der Waals surface area contributed by atoms with E-state index >= 15 is 0 Å². The van der Waals surface area contributed by atoms with E-state index in [0.717, 1.165) is 46.6 Å². The third-order valence-corrected chi connectivity index (χ3v) is 7.23. The van der Waals surface area contributed by atoms with Gasteiger partial charge >= 0.3 is 0 Å². The van der Waals surface area contributed by atoms with Gasteiger partial charge in [0.15, 0.2) is 0 Å². The molecule has 1 aliphatic rings. The summed E-state index contributed by atoms with van der Waals surface area (Å²) >= 11 is 3.57. The smallest absolute Gasteiger partial charge is 0.133 e. The fourth-order valence-electron chi connectivity index (χ4n) is 3.78. The number of aromatic nitrogens is 1. The van der Waals surface area contributed by atoms with Crippen LogP contribution in [0.15, 0.2) is 64.1 Å². The van der Waals surface area contributed by atoms with Crippen molar-refractivity contribution in [2.75, 3.05) is 30.5 Å². The van der Waals surface area contributed by atoms with Gasteiger partial charge in [0, 0.05) is 47.7 Å². The van der Waals surface area contributed by atoms with E-state index in [1.807, 2.05) is 42.6 Å². The van der Waals surface area contributed by atoms with Crippen LogP contribution in [0.4, 0.5) is 5.69 Å². The number of fused-ring (bicyclic) bond motifs is 1. The number of rotatable bonds is 4. The first kappa shape index (κ1) is 19.4. The number of benzene rings is 2. The molecule has 0 saturated carbocycles. The summed E-state index contributed by atoms with van der Waals surface area (Å²) in [5.74, 6) is 0.771. The highest BCUT2D eigenvalue weighted by Gasteiger charge is 2.23. The number of nitrogens with zero attached hydrogens (tertiary/aromatic N) is 2. The molecule has 4 nitrogen and oxygen atoms in total. The molecule has 2 aromatic carbocycles. The number of thiol groups is 1. The number of pyridine rings is 1. The van der Waals surface area contributed by atoms with Gasteiger partial charge in [0.05, 0.1) is 10.4 Å². The average molecular weight is 461 g/mol. The molecule has 0 radical (unpaired) electrons. The molecular formula is C22H25BrN2O2S. The van der Waals surface area contributed by atoms with E-state index in [2.05, 4.69) is 37.9 Å². The first-order valence-corrected chi connectivity index (χ1v) is 12.9. The number of hydrogen-bond acceptors (Lipinski definition) is 4. The van der Waals surface area contributed by atoms with Crippen molar-refractivity contribution in [3.63, 3.8) is 0 Å². The molecule has 1 aromatic heterocycles. The van der Waals surface area contributed by atoms with Gasteiger partial charge in [-0.05, 0) is 48.9 Å². The van der Waals surface area contributed by atoms with Gasteiger partial charge < -0.3 is 9.64 Å². The predicted molar refractivity (Wildman–Crippen MR) is 121 cm³/mol. The highest BCUT2D eigenvalue weighted by atomic mass is 79.9. The second-order valence-corrected chi connectivity index (χ2v) is 11.7. The van der Waals surface area contributed by atoms with Crippen LogP contribution in [0.3, 0.4) is 0 Å². The van der Waals surface area contributed by atoms with Crippen LogP contribution in [0.5, 0.6) is 5.75 Å². The van der Waals surface area contributed by atoms with Crippen LogP contribution in [0.2, 0.25) is 0 Å². The van der Waals surface area contributed by atoms with Gasteiger partial charge in [-0.3, -0.25) is 9.19 Å². The minimum absolute atomic E-state index is 0.142. The lowest BCUT2D eigenvalue weighted by atomic mass is 10.1. The van der Waals surface area contributed by atoms with Crippen molar-refractivity contribution in [3.8, 4) is 5.75 Å². The van der Waals surface area contributed by atoms with E-state index in [0.29, 0.717) is 0 Å². The van der Waals surface area contributed by atoms with Gasteiger partial charge in [-0.2, -0.15) is 0 Å². The molecule has 6 heteroatoms. The Kier molecular flexibility index (Phi) is 5.43. The van der Waals surface area contributed by atoms with Crippen LogP contribution < -0.4 is 9.64 Å². The van der Waals surface area contributed by atoms with Gasteiger partial charge in [-0.25, -0.2) is 0 Å². The molecule has 4 rings (SSSR count). The Bertz CT molecular complexity index is 1040. The van der Waals surface area contributed by atoms with Gasteiger partial charge in [-0.1, -0.05) is 38.0 Å². The van der Waals surface area contributed by atoms with Crippen LogP contribution in [0.25, 0.3) is 10.9 Å². The summed E-state index contributed by atoms with van der Waals surface area (Å²) in [5.41, 5.74) is 2.23. The lowest BCUT2D eigenvalue weighted by molar-refractivity contribution is 0.166. The molecule has 0 amide bonds. The average Bonchev–Trinajstić information content (AvgIpc) is 2.68. The van der Waals surface area contributed by atoms with E-state index in [-0.39, 0.29) is 6.10 Å². The Labute approximate surface area is 175 Å². The summed E-state index contributed by atoms with van der Waals surface area (Å²) in [6.45, 7) is 1.85. The van der Waals surface area contributed by atoms with Gasteiger partial charge in [0.1, 0.15) is 11.9 Å². The van der Waals surface area contributed by atoms with Crippen LogP contribution in [0.1, 0.15) is 12.8 Å². The lowest BCUT2D eigenvalue weighted by Gasteiger charge is -2.34. The zero-order chi connectivity index (χ0) is 19.7. The van der Waals surface area contributed by atoms with Crippen molar-refractivity contribution in [1.82, 2.24) is 4.98 Å². The maximum atomic E-state index is 12.6. The molecule has 0 N–H and O–H groups in total. The van der Waals surface area contributed by atoms with Crippen LogP contribution >= 0.6 is 15.9 Å². The molecule has 2 heterocycles. The van der Waals surface area contributed by atoms with Crippen molar-refractivity contribution in [2.24, 2.45) is 0 Å². The molecule has 1 aliphatic heterocycles. The van der Waals surface area contributed by atoms with Crippen LogP contribution in [0, 0.1) is 0 Å². The molecule has 148 valence electrons. The summed E-state index contributed by atoms with van der Waals surface area (Å²) in [6, 6.07) is 16.0. The van der Waals surface area contributed by atoms with E-state index in [4.69, 9.17) is 4.74 Å². The Morgan fingerprint density at radius 3 is 2.61 bits per heavy atom. The summed E-state index contributed by atoms with van der Waals surface area (Å²) in [7, 11) is -2.36. The van der Waals surface area contributed by atoms with Crippen molar-refractivity contribution >= 4 is 42.5 Å². The molecule has 1 saturated heterocycles. The number of hydrogen-bond donors (Lipinski definition) is 1. The van der Waals surface area contributed by atoms with Gasteiger partial charge in [-0.15, -0.1) is 0 Å². The third kappa shape index (κ3) is 4.08. The zero-order valence-corrected chi connectivity index (χ0v) is 18.6. The summed E-state index contributed by atoms with van der Waals surface area (Å²) in [5, 5.41) is 1.17. The Morgan fingerprint density at radius 1 is 1.11 bits per heavy atom. The highest BCUT2D eigenvalue weighted by Crippen LogP contribution is 2.32. The monoisotopic (exact) mass is 460 g/mol. The first-order chi connectivity index (χ1) is 13.4. The predicted octanol–water partition coefficient (Wildman–Crippen LogP) is 4.68. The molecule has 3 aromatic rings. The topological polar surface area (TPSA) is 42.4 Å². The fourth-order valence-corrected chi connectivity index (χ4v) is 5.24. The highest BCUT2D eigenvalue weighted by molar-refractivity contribution is 9.10. The van der Waals surface area contributed by atoms with Crippen LogP contribution in [-0.4, -0.2) is 40.9 Å². The van der Waals surface area contributed by atoms with E-state index < -0.39 is 9.93 Å². The molecular weight excluding hydrogens is 436 g/mol. The normalized spacial score (nSPS) is 16.3. The largest absolute Gasteiger partial charge is 0.489 e. The number of ether oxygens (including phenoxy) is 1. The minimum Gasteiger partial charge on any atom is -0.489 e. The maximum Gasteiger partial charge on any atom is 0.133 e. The molecule has 0 atom stereocenters. The van der Waals surface area contributed by atoms with Gasteiger partial charge in [0.25, 0.3) is 0 Å². The molecule has 1 fully saturated rings. The molecule has 0 bridgehead atoms. The van der Waals surface area contributed by atoms with E-state index in [9.17, 15) is 4.21 Å². The number of piperidine rings is 1. The SMILES string of the molecule is C[SH](C)(=O)c1ccccc1OC1CCN(c2ccnc3ccc(Br)cc23)CC1. The molecule has 28 heavy (non-hydrogen) atoms. The Balaban J connectivity index is 1.49. The quantitative estimate of drug-likeness (QED) is 0.573. The second-order valence-electron chi connectivity index (χ2n) is 7.61. The molecule has 0 spiro atoms. The lowest BCUT2D eigenvalue weighted by Crippen LogP contribution is -2.38.